The lowest BCUT2D eigenvalue weighted by molar-refractivity contribution is 0.477. The van der Waals surface area contributed by atoms with E-state index in [1.54, 1.807) is 24.4 Å². The van der Waals surface area contributed by atoms with Crippen molar-refractivity contribution in [3.8, 4) is 17.0 Å². The number of rotatable bonds is 3. The summed E-state index contributed by atoms with van der Waals surface area (Å²) in [6.45, 7) is 0. The summed E-state index contributed by atoms with van der Waals surface area (Å²) in [5.41, 5.74) is 3.47. The third kappa shape index (κ3) is 2.48. The maximum atomic E-state index is 9.84. The van der Waals surface area contributed by atoms with Crippen LogP contribution in [0.1, 0.15) is 0 Å². The van der Waals surface area contributed by atoms with E-state index in [2.05, 4.69) is 26.3 Å². The standard InChI is InChI=1S/C18H14N4O/c23-17-8-4-3-7-16(17)22-18-19-10-9-15(21-18)13-11-20-14-6-2-1-5-12(13)14/h1-11,20,23H,(H,19,21,22). The molecule has 0 aliphatic heterocycles. The van der Waals surface area contributed by atoms with Gasteiger partial charge in [-0.05, 0) is 24.3 Å². The second-order valence-electron chi connectivity index (χ2n) is 5.16. The summed E-state index contributed by atoms with van der Waals surface area (Å²) in [6, 6.07) is 16.9. The van der Waals surface area contributed by atoms with Gasteiger partial charge in [-0.25, -0.2) is 9.97 Å². The van der Waals surface area contributed by atoms with Gasteiger partial charge >= 0.3 is 0 Å². The Hall–Kier alpha value is -3.34. The molecule has 0 radical (unpaired) electrons. The Morgan fingerprint density at radius 3 is 2.70 bits per heavy atom. The summed E-state index contributed by atoms with van der Waals surface area (Å²) < 4.78 is 0. The van der Waals surface area contributed by atoms with Crippen LogP contribution < -0.4 is 5.32 Å². The molecule has 0 fully saturated rings. The van der Waals surface area contributed by atoms with E-state index < -0.39 is 0 Å². The lowest BCUT2D eigenvalue weighted by Crippen LogP contribution is -1.97. The van der Waals surface area contributed by atoms with Gasteiger partial charge in [-0.15, -0.1) is 0 Å². The topological polar surface area (TPSA) is 73.8 Å². The SMILES string of the molecule is Oc1ccccc1Nc1nccc(-c2c[nH]c3ccccc23)n1. The Kier molecular flexibility index (Phi) is 3.16. The van der Waals surface area contributed by atoms with E-state index >= 15 is 0 Å². The molecule has 0 saturated heterocycles. The van der Waals surface area contributed by atoms with Crippen LogP contribution in [0.3, 0.4) is 0 Å². The monoisotopic (exact) mass is 302 g/mol. The summed E-state index contributed by atoms with van der Waals surface area (Å²) in [4.78, 5) is 12.0. The fourth-order valence-corrected chi connectivity index (χ4v) is 2.55. The Morgan fingerprint density at radius 1 is 0.957 bits per heavy atom. The first-order valence-electron chi connectivity index (χ1n) is 7.26. The fourth-order valence-electron chi connectivity index (χ4n) is 2.55. The van der Waals surface area contributed by atoms with Crippen molar-refractivity contribution in [2.45, 2.75) is 0 Å². The summed E-state index contributed by atoms with van der Waals surface area (Å²) in [7, 11) is 0. The first-order valence-corrected chi connectivity index (χ1v) is 7.26. The number of anilines is 2. The van der Waals surface area contributed by atoms with Gasteiger partial charge in [0.25, 0.3) is 0 Å². The van der Waals surface area contributed by atoms with Gasteiger partial charge in [0.2, 0.25) is 5.95 Å². The van der Waals surface area contributed by atoms with Crippen molar-refractivity contribution in [2.24, 2.45) is 0 Å². The van der Waals surface area contributed by atoms with Crippen LogP contribution in [-0.4, -0.2) is 20.1 Å². The average Bonchev–Trinajstić information content (AvgIpc) is 3.01. The first-order chi connectivity index (χ1) is 11.3. The molecule has 3 N–H and O–H groups in total. The summed E-state index contributed by atoms with van der Waals surface area (Å²) in [6.07, 6.45) is 3.64. The average molecular weight is 302 g/mol. The zero-order chi connectivity index (χ0) is 15.6. The van der Waals surface area contributed by atoms with E-state index in [9.17, 15) is 5.11 Å². The third-order valence-corrected chi connectivity index (χ3v) is 3.67. The van der Waals surface area contributed by atoms with Crippen molar-refractivity contribution in [2.75, 3.05) is 5.32 Å². The maximum Gasteiger partial charge on any atom is 0.227 e. The smallest absolute Gasteiger partial charge is 0.227 e. The van der Waals surface area contributed by atoms with Crippen molar-refractivity contribution in [3.63, 3.8) is 0 Å². The van der Waals surface area contributed by atoms with E-state index in [4.69, 9.17) is 0 Å². The fraction of sp³-hybridized carbons (Fsp3) is 0. The molecule has 2 aromatic carbocycles. The second-order valence-corrected chi connectivity index (χ2v) is 5.16. The van der Waals surface area contributed by atoms with Gasteiger partial charge in [-0.1, -0.05) is 30.3 Å². The third-order valence-electron chi connectivity index (χ3n) is 3.67. The van der Waals surface area contributed by atoms with Gasteiger partial charge in [0.15, 0.2) is 0 Å². The van der Waals surface area contributed by atoms with Gasteiger partial charge in [0.1, 0.15) is 5.75 Å². The van der Waals surface area contributed by atoms with Crippen molar-refractivity contribution >= 4 is 22.5 Å². The highest BCUT2D eigenvalue weighted by molar-refractivity contribution is 5.94. The molecular formula is C18H14N4O. The number of aromatic nitrogens is 3. The van der Waals surface area contributed by atoms with Crippen molar-refractivity contribution < 1.29 is 5.11 Å². The highest BCUT2D eigenvalue weighted by Crippen LogP contribution is 2.29. The van der Waals surface area contributed by atoms with Crippen molar-refractivity contribution in [1.82, 2.24) is 15.0 Å². The molecule has 2 heterocycles. The number of para-hydroxylation sites is 3. The van der Waals surface area contributed by atoms with Crippen LogP contribution in [0, 0.1) is 0 Å². The molecule has 4 rings (SSSR count). The maximum absolute atomic E-state index is 9.84. The van der Waals surface area contributed by atoms with Gasteiger partial charge in [-0.2, -0.15) is 0 Å². The molecule has 0 bridgehead atoms. The number of hydrogen-bond acceptors (Lipinski definition) is 4. The number of fused-ring (bicyclic) bond motifs is 1. The summed E-state index contributed by atoms with van der Waals surface area (Å²) in [5.74, 6) is 0.600. The molecule has 0 spiro atoms. The lowest BCUT2D eigenvalue weighted by atomic mass is 10.1. The molecular weight excluding hydrogens is 288 g/mol. The molecule has 0 saturated carbocycles. The quantitative estimate of drug-likeness (QED) is 0.499. The minimum atomic E-state index is 0.161. The highest BCUT2D eigenvalue weighted by atomic mass is 16.3. The van der Waals surface area contributed by atoms with E-state index in [1.165, 1.54) is 0 Å². The number of H-pyrrole nitrogens is 1. The molecule has 2 aromatic heterocycles. The van der Waals surface area contributed by atoms with Gasteiger partial charge in [0.05, 0.1) is 11.4 Å². The van der Waals surface area contributed by atoms with E-state index in [1.807, 2.05) is 36.5 Å². The van der Waals surface area contributed by atoms with Crippen LogP contribution in [0.5, 0.6) is 5.75 Å². The van der Waals surface area contributed by atoms with Crippen molar-refractivity contribution in [1.29, 1.82) is 0 Å². The number of phenolic OH excluding ortho intramolecular Hbond substituents is 1. The number of nitrogens with one attached hydrogen (secondary N) is 2. The van der Waals surface area contributed by atoms with Crippen LogP contribution in [0.25, 0.3) is 22.2 Å². The normalized spacial score (nSPS) is 10.8. The molecule has 0 unspecified atom stereocenters. The van der Waals surface area contributed by atoms with E-state index in [-0.39, 0.29) is 5.75 Å². The molecule has 23 heavy (non-hydrogen) atoms. The Balaban J connectivity index is 1.73. The molecule has 5 heteroatoms. The van der Waals surface area contributed by atoms with Gasteiger partial charge in [0, 0.05) is 28.9 Å². The van der Waals surface area contributed by atoms with E-state index in [0.717, 1.165) is 22.2 Å². The minimum Gasteiger partial charge on any atom is -0.506 e. The number of hydrogen-bond donors (Lipinski definition) is 3. The van der Waals surface area contributed by atoms with Crippen LogP contribution in [0.15, 0.2) is 67.0 Å². The number of aromatic hydroxyl groups is 1. The Morgan fingerprint density at radius 2 is 1.78 bits per heavy atom. The van der Waals surface area contributed by atoms with Gasteiger partial charge < -0.3 is 15.4 Å². The summed E-state index contributed by atoms with van der Waals surface area (Å²) in [5, 5.41) is 14.0. The number of nitrogens with zero attached hydrogens (tertiary/aromatic N) is 2. The lowest BCUT2D eigenvalue weighted by Gasteiger charge is -2.07. The van der Waals surface area contributed by atoms with E-state index in [0.29, 0.717) is 11.6 Å². The van der Waals surface area contributed by atoms with Crippen LogP contribution >= 0.6 is 0 Å². The summed E-state index contributed by atoms with van der Waals surface area (Å²) >= 11 is 0. The molecule has 0 atom stereocenters. The highest BCUT2D eigenvalue weighted by Gasteiger charge is 2.09. The largest absolute Gasteiger partial charge is 0.506 e. The molecule has 0 aliphatic rings. The zero-order valence-electron chi connectivity index (χ0n) is 12.2. The predicted octanol–water partition coefficient (Wildman–Crippen LogP) is 4.07. The Bertz CT molecular complexity index is 977. The Labute approximate surface area is 132 Å². The van der Waals surface area contributed by atoms with Crippen LogP contribution in [0.2, 0.25) is 0 Å². The van der Waals surface area contributed by atoms with Crippen LogP contribution in [0.4, 0.5) is 11.6 Å². The molecule has 0 amide bonds. The van der Waals surface area contributed by atoms with Crippen LogP contribution in [-0.2, 0) is 0 Å². The van der Waals surface area contributed by atoms with Gasteiger partial charge in [-0.3, -0.25) is 0 Å². The first kappa shape index (κ1) is 13.3. The van der Waals surface area contributed by atoms with Crippen molar-refractivity contribution in [3.05, 3.63) is 67.0 Å². The number of aromatic amines is 1. The molecule has 4 aromatic rings. The molecule has 0 aliphatic carbocycles. The minimum absolute atomic E-state index is 0.161. The molecule has 5 nitrogen and oxygen atoms in total. The second kappa shape index (κ2) is 5.46. The predicted molar refractivity (Wildman–Crippen MR) is 90.7 cm³/mol. The number of benzene rings is 2. The molecule has 112 valence electrons. The zero-order valence-corrected chi connectivity index (χ0v) is 12.2. The number of phenols is 1.